The summed E-state index contributed by atoms with van der Waals surface area (Å²) in [7, 11) is 2.58. The lowest BCUT2D eigenvalue weighted by atomic mass is 10.0. The van der Waals surface area contributed by atoms with Gasteiger partial charge in [-0.15, -0.1) is 5.10 Å². The highest BCUT2D eigenvalue weighted by Crippen LogP contribution is 2.41. The third-order valence-electron chi connectivity index (χ3n) is 4.90. The summed E-state index contributed by atoms with van der Waals surface area (Å²) < 4.78 is 68.8. The molecule has 1 saturated heterocycles. The number of benzene rings is 1. The molecule has 1 aliphatic rings. The summed E-state index contributed by atoms with van der Waals surface area (Å²) in [4.78, 5) is 12.2. The Morgan fingerprint density at radius 2 is 2.03 bits per heavy atom. The zero-order valence-electron chi connectivity index (χ0n) is 18.9. The second-order valence-corrected chi connectivity index (χ2v) is 8.56. The summed E-state index contributed by atoms with van der Waals surface area (Å²) in [5.41, 5.74) is -0.136. The Labute approximate surface area is 202 Å². The van der Waals surface area contributed by atoms with Crippen LogP contribution < -0.4 is 4.74 Å². The van der Waals surface area contributed by atoms with Crippen molar-refractivity contribution in [3.8, 4) is 5.88 Å². The molecule has 1 aromatic carbocycles. The van der Waals surface area contributed by atoms with Gasteiger partial charge in [0.15, 0.2) is 11.4 Å². The molecule has 1 aliphatic heterocycles. The monoisotopic (exact) mass is 548 g/mol. The average Bonchev–Trinajstić information content (AvgIpc) is 3.28. The van der Waals surface area contributed by atoms with Gasteiger partial charge in [-0.25, -0.2) is 4.79 Å². The number of carbonyl (C=O) groups is 1. The number of esters is 1. The van der Waals surface area contributed by atoms with Crippen LogP contribution >= 0.6 is 15.9 Å². The average molecular weight is 549 g/mol. The number of hydrogen-bond donors (Lipinski definition) is 0. The lowest BCUT2D eigenvalue weighted by molar-refractivity contribution is -0.141. The molecule has 0 aliphatic carbocycles. The number of hydrogen-bond acceptors (Lipinski definition) is 7. The zero-order chi connectivity index (χ0) is 25.1. The van der Waals surface area contributed by atoms with Gasteiger partial charge in [-0.05, 0) is 40.9 Å². The van der Waals surface area contributed by atoms with Gasteiger partial charge in [0, 0.05) is 0 Å². The van der Waals surface area contributed by atoms with E-state index in [1.54, 1.807) is 38.1 Å². The number of ether oxygens (including phenoxy) is 5. The topological polar surface area (TPSA) is 81.0 Å². The van der Waals surface area contributed by atoms with Gasteiger partial charge in [-0.3, -0.25) is 4.68 Å². The van der Waals surface area contributed by atoms with E-state index in [-0.39, 0.29) is 29.9 Å². The van der Waals surface area contributed by atoms with Crippen molar-refractivity contribution < 1.29 is 41.7 Å². The molecule has 2 heterocycles. The van der Waals surface area contributed by atoms with Gasteiger partial charge in [-0.1, -0.05) is 24.3 Å². The summed E-state index contributed by atoms with van der Waals surface area (Å²) in [6, 6.07) is 6.57. The van der Waals surface area contributed by atoms with Gasteiger partial charge in [-0.2, -0.15) is 13.2 Å². The van der Waals surface area contributed by atoms with Crippen molar-refractivity contribution >= 4 is 27.5 Å². The first-order chi connectivity index (χ1) is 16.0. The molecule has 8 nitrogen and oxygen atoms in total. The van der Waals surface area contributed by atoms with Crippen molar-refractivity contribution in [2.24, 2.45) is 0 Å². The van der Waals surface area contributed by atoms with Gasteiger partial charge in [0.25, 0.3) is 0 Å². The Bertz CT molecular complexity index is 1070. The van der Waals surface area contributed by atoms with Crippen LogP contribution in [0.25, 0.3) is 5.57 Å². The Balaban J connectivity index is 1.89. The molecule has 2 aromatic rings. The molecule has 0 radical (unpaired) electrons. The smallest absolute Gasteiger partial charge is 0.424 e. The number of alkyl halides is 3. The van der Waals surface area contributed by atoms with E-state index in [4.69, 9.17) is 23.7 Å². The quantitative estimate of drug-likeness (QED) is 0.272. The SMILES string of the molecule is CO/C=C(/C(=O)OC)c1ccccc1COc1nn(CC2COC(C)(C)O2)c(Br)c1C(F)(F)F. The minimum atomic E-state index is -4.73. The largest absolute Gasteiger partial charge is 0.503 e. The Morgan fingerprint density at radius 3 is 2.62 bits per heavy atom. The highest BCUT2D eigenvalue weighted by Gasteiger charge is 2.42. The fourth-order valence-electron chi connectivity index (χ4n) is 3.43. The second-order valence-electron chi connectivity index (χ2n) is 7.81. The van der Waals surface area contributed by atoms with Gasteiger partial charge in [0.1, 0.15) is 22.9 Å². The van der Waals surface area contributed by atoms with E-state index >= 15 is 0 Å². The summed E-state index contributed by atoms with van der Waals surface area (Å²) in [6.45, 7) is 3.39. The Morgan fingerprint density at radius 1 is 1.32 bits per heavy atom. The Hall–Kier alpha value is -2.57. The predicted octanol–water partition coefficient (Wildman–Crippen LogP) is 4.56. The molecule has 34 heavy (non-hydrogen) atoms. The second kappa shape index (κ2) is 10.4. The summed E-state index contributed by atoms with van der Waals surface area (Å²) in [6.07, 6.45) is -4.02. The van der Waals surface area contributed by atoms with E-state index in [0.29, 0.717) is 11.1 Å². The zero-order valence-corrected chi connectivity index (χ0v) is 20.5. The van der Waals surface area contributed by atoms with Gasteiger partial charge < -0.3 is 23.7 Å². The highest BCUT2D eigenvalue weighted by molar-refractivity contribution is 9.10. The molecule has 1 unspecified atom stereocenters. The minimum Gasteiger partial charge on any atom is -0.503 e. The van der Waals surface area contributed by atoms with Crippen molar-refractivity contribution in [3.05, 3.63) is 51.8 Å². The van der Waals surface area contributed by atoms with E-state index in [2.05, 4.69) is 21.0 Å². The lowest BCUT2D eigenvalue weighted by Gasteiger charge is -2.17. The maximum absolute atomic E-state index is 13.8. The molecule has 0 spiro atoms. The third kappa shape index (κ3) is 5.91. The molecule has 0 N–H and O–H groups in total. The van der Waals surface area contributed by atoms with Crippen LogP contribution in [0.3, 0.4) is 0 Å². The van der Waals surface area contributed by atoms with Crippen LogP contribution in [0.4, 0.5) is 13.2 Å². The molecule has 1 fully saturated rings. The van der Waals surface area contributed by atoms with E-state index in [1.807, 2.05) is 0 Å². The first kappa shape index (κ1) is 26.0. The molecule has 186 valence electrons. The van der Waals surface area contributed by atoms with Crippen LogP contribution in [-0.2, 0) is 43.1 Å². The molecule has 0 amide bonds. The van der Waals surface area contributed by atoms with Gasteiger partial charge in [0.2, 0.25) is 5.88 Å². The maximum Gasteiger partial charge on any atom is 0.424 e. The normalized spacial score (nSPS) is 18.1. The third-order valence-corrected chi connectivity index (χ3v) is 5.70. The summed E-state index contributed by atoms with van der Waals surface area (Å²) >= 11 is 3.00. The first-order valence-electron chi connectivity index (χ1n) is 10.1. The number of carbonyl (C=O) groups excluding carboxylic acids is 1. The standard InChI is InChI=1S/C22H24BrF3N2O6/c1-21(2)33-11-14(34-21)9-28-18(23)17(22(24,25)26)19(27-28)32-10-13-7-5-6-8-15(13)16(12-30-3)20(29)31-4/h5-8,12,14H,9-11H2,1-4H3/b16-12+. The summed E-state index contributed by atoms with van der Waals surface area (Å²) in [5, 5.41) is 4.03. The molecule has 0 bridgehead atoms. The van der Waals surface area contributed by atoms with E-state index in [0.717, 1.165) is 4.68 Å². The van der Waals surface area contributed by atoms with Crippen molar-refractivity contribution in [1.82, 2.24) is 9.78 Å². The summed E-state index contributed by atoms with van der Waals surface area (Å²) in [5.74, 6) is -2.10. The number of nitrogens with zero attached hydrogens (tertiary/aromatic N) is 2. The molecular formula is C22H24BrF3N2O6. The van der Waals surface area contributed by atoms with Crippen LogP contribution in [0.2, 0.25) is 0 Å². The van der Waals surface area contributed by atoms with Crippen LogP contribution in [0.5, 0.6) is 5.88 Å². The van der Waals surface area contributed by atoms with Gasteiger partial charge in [0.05, 0.1) is 33.6 Å². The van der Waals surface area contributed by atoms with Crippen LogP contribution in [-0.4, -0.2) is 48.5 Å². The molecule has 12 heteroatoms. The molecule has 0 saturated carbocycles. The number of halogens is 4. The Kier molecular flexibility index (Phi) is 7.94. The van der Waals surface area contributed by atoms with Crippen LogP contribution in [0.15, 0.2) is 35.1 Å². The van der Waals surface area contributed by atoms with E-state index in [1.165, 1.54) is 20.5 Å². The molecule has 1 aromatic heterocycles. The molecular weight excluding hydrogens is 525 g/mol. The van der Waals surface area contributed by atoms with E-state index in [9.17, 15) is 18.0 Å². The highest BCUT2D eigenvalue weighted by atomic mass is 79.9. The lowest BCUT2D eigenvalue weighted by Crippen LogP contribution is -2.24. The van der Waals surface area contributed by atoms with Crippen molar-refractivity contribution in [3.63, 3.8) is 0 Å². The van der Waals surface area contributed by atoms with Crippen molar-refractivity contribution in [2.45, 2.75) is 45.1 Å². The van der Waals surface area contributed by atoms with E-state index < -0.39 is 35.5 Å². The maximum atomic E-state index is 13.8. The van der Waals surface area contributed by atoms with Crippen molar-refractivity contribution in [1.29, 1.82) is 0 Å². The first-order valence-corrected chi connectivity index (χ1v) is 10.9. The van der Waals surface area contributed by atoms with Crippen LogP contribution in [0.1, 0.15) is 30.5 Å². The van der Waals surface area contributed by atoms with Crippen LogP contribution in [0, 0.1) is 0 Å². The molecule has 1 atom stereocenters. The van der Waals surface area contributed by atoms with Gasteiger partial charge >= 0.3 is 12.1 Å². The number of methoxy groups -OCH3 is 2. The predicted molar refractivity (Wildman–Crippen MR) is 118 cm³/mol. The number of rotatable bonds is 8. The fraction of sp³-hybridized carbons (Fsp3) is 0.455. The number of aromatic nitrogens is 2. The van der Waals surface area contributed by atoms with Crippen molar-refractivity contribution in [2.75, 3.05) is 20.8 Å². The fourth-order valence-corrected chi connectivity index (χ4v) is 4.05. The molecule has 3 rings (SSSR count). The minimum absolute atomic E-state index is 0.0239.